The van der Waals surface area contributed by atoms with Gasteiger partial charge in [0.15, 0.2) is 4.77 Å². The highest BCUT2D eigenvalue weighted by Gasteiger charge is 2.35. The van der Waals surface area contributed by atoms with Crippen LogP contribution in [0.3, 0.4) is 0 Å². The van der Waals surface area contributed by atoms with Crippen LogP contribution in [0, 0.1) is 23.0 Å². The van der Waals surface area contributed by atoms with Crippen LogP contribution >= 0.6 is 12.2 Å². The molecule has 0 aromatic carbocycles. The van der Waals surface area contributed by atoms with Crippen LogP contribution in [0.4, 0.5) is 0 Å². The molecule has 1 fully saturated rings. The molecule has 1 aromatic heterocycles. The number of H-pyrrole nitrogens is 1. The number of aryl methyl sites for hydroxylation is 1. The third kappa shape index (κ3) is 2.79. The molecule has 0 aliphatic heterocycles. The Morgan fingerprint density at radius 2 is 2.06 bits per heavy atom. The van der Waals surface area contributed by atoms with Gasteiger partial charge in [0.2, 0.25) is 0 Å². The van der Waals surface area contributed by atoms with Crippen LogP contribution in [-0.4, -0.2) is 14.8 Å². The second kappa shape index (κ2) is 4.92. The molecular weight excluding hydrogens is 230 g/mol. The summed E-state index contributed by atoms with van der Waals surface area (Å²) in [6, 6.07) is 0. The van der Waals surface area contributed by atoms with Gasteiger partial charge in [0, 0.05) is 6.54 Å². The Hall–Kier alpha value is -0.640. The van der Waals surface area contributed by atoms with Crippen molar-refractivity contribution < 1.29 is 0 Å². The summed E-state index contributed by atoms with van der Waals surface area (Å²) in [5.74, 6) is 1.78. The van der Waals surface area contributed by atoms with Gasteiger partial charge in [0.1, 0.15) is 5.82 Å². The quantitative estimate of drug-likeness (QED) is 0.827. The van der Waals surface area contributed by atoms with Gasteiger partial charge in [-0.05, 0) is 49.7 Å². The van der Waals surface area contributed by atoms with E-state index < -0.39 is 0 Å². The van der Waals surface area contributed by atoms with Crippen molar-refractivity contribution in [2.45, 2.75) is 59.4 Å². The lowest BCUT2D eigenvalue weighted by Crippen LogP contribution is -2.26. The summed E-state index contributed by atoms with van der Waals surface area (Å²) >= 11 is 5.32. The van der Waals surface area contributed by atoms with E-state index in [4.69, 9.17) is 12.2 Å². The number of hydrogen-bond acceptors (Lipinski definition) is 2. The van der Waals surface area contributed by atoms with Gasteiger partial charge in [0.25, 0.3) is 0 Å². The molecular formula is C13H23N3S. The molecule has 17 heavy (non-hydrogen) atoms. The molecule has 0 bridgehead atoms. The van der Waals surface area contributed by atoms with Crippen LogP contribution < -0.4 is 0 Å². The molecule has 1 aromatic rings. The third-order valence-corrected chi connectivity index (χ3v) is 4.26. The lowest BCUT2D eigenvalue weighted by molar-refractivity contribution is 0.194. The molecule has 96 valence electrons. The largest absolute Gasteiger partial charge is 0.304 e. The van der Waals surface area contributed by atoms with Crippen molar-refractivity contribution in [1.29, 1.82) is 0 Å². The summed E-state index contributed by atoms with van der Waals surface area (Å²) < 4.78 is 2.96. The topological polar surface area (TPSA) is 33.6 Å². The molecule has 3 nitrogen and oxygen atoms in total. The Morgan fingerprint density at radius 3 is 2.53 bits per heavy atom. The number of nitrogens with one attached hydrogen (secondary N) is 1. The van der Waals surface area contributed by atoms with Crippen LogP contribution in [0.2, 0.25) is 0 Å². The lowest BCUT2D eigenvalue weighted by Gasteiger charge is -2.31. The van der Waals surface area contributed by atoms with Gasteiger partial charge in [-0.1, -0.05) is 26.7 Å². The maximum Gasteiger partial charge on any atom is 0.195 e. The summed E-state index contributed by atoms with van der Waals surface area (Å²) in [6.45, 7) is 7.72. The zero-order chi connectivity index (χ0) is 12.5. The van der Waals surface area contributed by atoms with Crippen LogP contribution in [0.25, 0.3) is 0 Å². The zero-order valence-electron chi connectivity index (χ0n) is 11.1. The molecule has 0 spiro atoms. The van der Waals surface area contributed by atoms with E-state index in [1.54, 1.807) is 0 Å². The van der Waals surface area contributed by atoms with E-state index in [1.807, 2.05) is 6.92 Å². The van der Waals surface area contributed by atoms with E-state index in [1.165, 1.54) is 32.1 Å². The highest BCUT2D eigenvalue weighted by Crippen LogP contribution is 2.44. The van der Waals surface area contributed by atoms with Gasteiger partial charge in [-0.2, -0.15) is 5.10 Å². The Labute approximate surface area is 109 Å². The van der Waals surface area contributed by atoms with Crippen molar-refractivity contribution >= 4 is 12.2 Å². The Bertz CT molecular complexity index is 424. The van der Waals surface area contributed by atoms with Gasteiger partial charge in [-0.3, -0.25) is 5.10 Å². The summed E-state index contributed by atoms with van der Waals surface area (Å²) in [6.07, 6.45) is 6.74. The molecule has 4 heteroatoms. The minimum Gasteiger partial charge on any atom is -0.304 e. The van der Waals surface area contributed by atoms with E-state index in [9.17, 15) is 0 Å². The Balaban J connectivity index is 2.21. The molecule has 1 heterocycles. The predicted molar refractivity (Wildman–Crippen MR) is 72.5 cm³/mol. The van der Waals surface area contributed by atoms with Gasteiger partial charge in [0.05, 0.1) is 0 Å². The minimum atomic E-state index is 0.459. The molecule has 0 atom stereocenters. The highest BCUT2D eigenvalue weighted by molar-refractivity contribution is 7.71. The number of nitrogens with zero attached hydrogens (tertiary/aromatic N) is 2. The van der Waals surface area contributed by atoms with Crippen molar-refractivity contribution in [2.24, 2.45) is 11.3 Å². The fourth-order valence-corrected chi connectivity index (χ4v) is 3.58. The number of hydrogen-bond donors (Lipinski definition) is 1. The molecule has 1 saturated carbocycles. The van der Waals surface area contributed by atoms with E-state index >= 15 is 0 Å². The fourth-order valence-electron chi connectivity index (χ4n) is 3.34. The van der Waals surface area contributed by atoms with E-state index in [0.717, 1.165) is 23.1 Å². The smallest absolute Gasteiger partial charge is 0.195 e. The van der Waals surface area contributed by atoms with Gasteiger partial charge < -0.3 is 4.57 Å². The first kappa shape index (κ1) is 12.8. The van der Waals surface area contributed by atoms with Crippen molar-refractivity contribution in [2.75, 3.05) is 0 Å². The van der Waals surface area contributed by atoms with Crippen LogP contribution in [0.1, 0.15) is 51.8 Å². The standard InChI is InChI=1S/C13H23N3S/c1-10(2)8-13(6-4-5-7-13)9-16-11(3)14-15-12(16)17/h10H,4-9H2,1-3H3,(H,15,17). The molecule has 0 amide bonds. The first-order valence-corrected chi connectivity index (χ1v) is 7.05. The van der Waals surface area contributed by atoms with Crippen molar-refractivity contribution in [3.05, 3.63) is 10.6 Å². The first-order valence-electron chi connectivity index (χ1n) is 6.64. The van der Waals surface area contributed by atoms with E-state index in [0.29, 0.717) is 5.41 Å². The number of rotatable bonds is 4. The SMILES string of the molecule is Cc1n[nH]c(=S)n1CC1(CC(C)C)CCCC1. The van der Waals surface area contributed by atoms with Crippen molar-refractivity contribution in [1.82, 2.24) is 14.8 Å². The van der Waals surface area contributed by atoms with Gasteiger partial charge >= 0.3 is 0 Å². The molecule has 0 radical (unpaired) electrons. The summed E-state index contributed by atoms with van der Waals surface area (Å²) in [7, 11) is 0. The minimum absolute atomic E-state index is 0.459. The normalized spacial score (nSPS) is 19.1. The fraction of sp³-hybridized carbons (Fsp3) is 0.846. The van der Waals surface area contributed by atoms with Crippen LogP contribution in [0.5, 0.6) is 0 Å². The van der Waals surface area contributed by atoms with Crippen molar-refractivity contribution in [3.8, 4) is 0 Å². The average Bonchev–Trinajstić information content (AvgIpc) is 2.80. The molecule has 0 saturated heterocycles. The second-order valence-electron chi connectivity index (χ2n) is 5.97. The molecule has 1 N–H and O–H groups in total. The average molecular weight is 253 g/mol. The summed E-state index contributed by atoms with van der Waals surface area (Å²) in [5, 5.41) is 7.11. The maximum atomic E-state index is 5.32. The van der Waals surface area contributed by atoms with Gasteiger partial charge in [-0.25, -0.2) is 0 Å². The van der Waals surface area contributed by atoms with E-state index in [2.05, 4.69) is 28.6 Å². The maximum absolute atomic E-state index is 5.32. The van der Waals surface area contributed by atoms with Crippen molar-refractivity contribution in [3.63, 3.8) is 0 Å². The molecule has 0 unspecified atom stereocenters. The molecule has 2 rings (SSSR count). The zero-order valence-corrected chi connectivity index (χ0v) is 11.9. The second-order valence-corrected chi connectivity index (χ2v) is 6.35. The lowest BCUT2D eigenvalue weighted by atomic mass is 9.78. The van der Waals surface area contributed by atoms with Gasteiger partial charge in [-0.15, -0.1) is 0 Å². The number of aromatic nitrogens is 3. The number of aromatic amines is 1. The Kier molecular flexibility index (Phi) is 3.71. The summed E-state index contributed by atoms with van der Waals surface area (Å²) in [4.78, 5) is 0. The molecule has 1 aliphatic rings. The first-order chi connectivity index (χ1) is 8.02. The monoisotopic (exact) mass is 253 g/mol. The molecule has 1 aliphatic carbocycles. The van der Waals surface area contributed by atoms with Crippen LogP contribution in [0.15, 0.2) is 0 Å². The van der Waals surface area contributed by atoms with E-state index in [-0.39, 0.29) is 0 Å². The Morgan fingerprint density at radius 1 is 1.41 bits per heavy atom. The summed E-state index contributed by atoms with van der Waals surface area (Å²) in [5.41, 5.74) is 0.459. The third-order valence-electron chi connectivity index (χ3n) is 3.95. The predicted octanol–water partition coefficient (Wildman–Crippen LogP) is 3.86. The highest BCUT2D eigenvalue weighted by atomic mass is 32.1. The van der Waals surface area contributed by atoms with Crippen LogP contribution in [-0.2, 0) is 6.54 Å².